The van der Waals surface area contributed by atoms with E-state index in [-0.39, 0.29) is 17.1 Å². The molecule has 3 aromatic carbocycles. The highest BCUT2D eigenvalue weighted by Crippen LogP contribution is 2.27. The van der Waals surface area contributed by atoms with E-state index in [9.17, 15) is 22.4 Å². The second kappa shape index (κ2) is 12.0. The maximum Gasteiger partial charge on any atom is 0.264 e. The normalized spacial score (nSPS) is 12.0. The van der Waals surface area contributed by atoms with Crippen molar-refractivity contribution < 1.29 is 22.4 Å². The summed E-state index contributed by atoms with van der Waals surface area (Å²) in [5.74, 6) is -1.87. The molecule has 3 aromatic rings. The van der Waals surface area contributed by atoms with Crippen LogP contribution in [0.15, 0.2) is 83.8 Å². The second-order valence-corrected chi connectivity index (χ2v) is 10.3. The van der Waals surface area contributed by atoms with Crippen molar-refractivity contribution in [3.63, 3.8) is 0 Å². The van der Waals surface area contributed by atoms with E-state index in [0.29, 0.717) is 17.1 Å². The first-order valence-corrected chi connectivity index (χ1v) is 13.1. The number of amides is 2. The Morgan fingerprint density at radius 3 is 2.19 bits per heavy atom. The van der Waals surface area contributed by atoms with Crippen LogP contribution in [-0.4, -0.2) is 44.3 Å². The van der Waals surface area contributed by atoms with Crippen molar-refractivity contribution in [1.29, 1.82) is 0 Å². The summed E-state index contributed by atoms with van der Waals surface area (Å²) in [6, 6.07) is 18.6. The second-order valence-electron chi connectivity index (χ2n) is 7.99. The Morgan fingerprint density at radius 2 is 1.58 bits per heavy atom. The van der Waals surface area contributed by atoms with Crippen LogP contribution in [0.2, 0.25) is 5.02 Å². The fourth-order valence-electron chi connectivity index (χ4n) is 3.58. The van der Waals surface area contributed by atoms with Gasteiger partial charge in [-0.25, -0.2) is 12.8 Å². The summed E-state index contributed by atoms with van der Waals surface area (Å²) in [7, 11) is -4.31. The molecule has 3 rings (SSSR count). The molecule has 2 amide bonds. The average Bonchev–Trinajstić information content (AvgIpc) is 2.87. The summed E-state index contributed by atoms with van der Waals surface area (Å²) >= 11 is 5.97. The molecule has 0 fully saturated rings. The molecule has 0 unspecified atom stereocenters. The van der Waals surface area contributed by atoms with E-state index in [0.717, 1.165) is 10.4 Å². The van der Waals surface area contributed by atoms with E-state index >= 15 is 0 Å². The Balaban J connectivity index is 2.02. The highest BCUT2D eigenvalue weighted by atomic mass is 35.5. The molecule has 0 aliphatic carbocycles. The number of nitrogens with zero attached hydrogens (tertiary/aromatic N) is 2. The summed E-state index contributed by atoms with van der Waals surface area (Å²) < 4.78 is 42.6. The maximum absolute atomic E-state index is 14.8. The fraction of sp³-hybridized carbons (Fsp3) is 0.231. The number of anilines is 1. The zero-order valence-corrected chi connectivity index (χ0v) is 21.5. The van der Waals surface area contributed by atoms with Gasteiger partial charge in [-0.1, -0.05) is 54.1 Å². The molecule has 1 atom stereocenters. The molecule has 7 nitrogen and oxygen atoms in total. The zero-order valence-electron chi connectivity index (χ0n) is 19.9. The minimum Gasteiger partial charge on any atom is -0.355 e. The lowest BCUT2D eigenvalue weighted by molar-refractivity contribution is -0.139. The lowest BCUT2D eigenvalue weighted by Crippen LogP contribution is -2.51. The number of nitrogens with one attached hydrogen (secondary N) is 1. The van der Waals surface area contributed by atoms with E-state index in [1.165, 1.54) is 47.4 Å². The fourth-order valence-corrected chi connectivity index (χ4v) is 5.15. The van der Waals surface area contributed by atoms with Crippen LogP contribution in [-0.2, 0) is 26.2 Å². The number of sulfonamides is 1. The number of rotatable bonds is 10. The van der Waals surface area contributed by atoms with Crippen LogP contribution in [0, 0.1) is 5.82 Å². The van der Waals surface area contributed by atoms with Gasteiger partial charge in [-0.2, -0.15) is 0 Å². The van der Waals surface area contributed by atoms with Gasteiger partial charge in [0.15, 0.2) is 0 Å². The van der Waals surface area contributed by atoms with Gasteiger partial charge in [0.2, 0.25) is 11.8 Å². The molecule has 0 radical (unpaired) electrons. The smallest absolute Gasteiger partial charge is 0.264 e. The number of likely N-dealkylation sites (N-methyl/N-ethyl adjacent to an activating group) is 1. The Morgan fingerprint density at radius 1 is 0.972 bits per heavy atom. The van der Waals surface area contributed by atoms with Crippen LogP contribution >= 0.6 is 11.6 Å². The summed E-state index contributed by atoms with van der Waals surface area (Å²) in [4.78, 5) is 27.4. The van der Waals surface area contributed by atoms with E-state index in [1.54, 1.807) is 44.2 Å². The maximum atomic E-state index is 14.8. The molecule has 190 valence electrons. The van der Waals surface area contributed by atoms with Gasteiger partial charge in [0.05, 0.1) is 10.6 Å². The minimum atomic E-state index is -4.31. The quantitative estimate of drug-likeness (QED) is 0.424. The van der Waals surface area contributed by atoms with Crippen molar-refractivity contribution in [3.8, 4) is 0 Å². The van der Waals surface area contributed by atoms with Crippen molar-refractivity contribution in [1.82, 2.24) is 10.2 Å². The monoisotopic (exact) mass is 531 g/mol. The van der Waals surface area contributed by atoms with Gasteiger partial charge in [-0.15, -0.1) is 0 Å². The zero-order chi connectivity index (χ0) is 26.3. The lowest BCUT2D eigenvalue weighted by atomic mass is 10.1. The van der Waals surface area contributed by atoms with Gasteiger partial charge < -0.3 is 10.2 Å². The van der Waals surface area contributed by atoms with Crippen molar-refractivity contribution in [3.05, 3.63) is 95.3 Å². The van der Waals surface area contributed by atoms with Gasteiger partial charge in [-0.05, 0) is 55.8 Å². The van der Waals surface area contributed by atoms with E-state index in [1.807, 2.05) is 0 Å². The SMILES string of the molecule is CCNC(=O)[C@H](C)N(Cc1ccc(Cl)cc1)C(=O)CN(c1ccccc1F)S(=O)(=O)c1ccccc1. The lowest BCUT2D eigenvalue weighted by Gasteiger charge is -2.32. The Kier molecular flexibility index (Phi) is 9.06. The molecule has 0 spiro atoms. The number of hydrogen-bond donors (Lipinski definition) is 1. The van der Waals surface area contributed by atoms with Crippen LogP contribution in [0.5, 0.6) is 0 Å². The third-order valence-electron chi connectivity index (χ3n) is 5.52. The predicted molar refractivity (Wildman–Crippen MR) is 138 cm³/mol. The number of benzene rings is 3. The van der Waals surface area contributed by atoms with Crippen LogP contribution in [0.1, 0.15) is 19.4 Å². The van der Waals surface area contributed by atoms with Gasteiger partial charge in [0, 0.05) is 18.1 Å². The first-order valence-electron chi connectivity index (χ1n) is 11.3. The van der Waals surface area contributed by atoms with E-state index in [4.69, 9.17) is 11.6 Å². The molecule has 0 saturated heterocycles. The highest BCUT2D eigenvalue weighted by molar-refractivity contribution is 7.92. The van der Waals surface area contributed by atoms with Gasteiger partial charge in [-0.3, -0.25) is 13.9 Å². The third-order valence-corrected chi connectivity index (χ3v) is 7.54. The van der Waals surface area contributed by atoms with Crippen molar-refractivity contribution in [2.24, 2.45) is 0 Å². The molecule has 0 bridgehead atoms. The standard InChI is InChI=1S/C26H27ClFN3O4S/c1-3-29-26(33)19(2)30(17-20-13-15-21(27)16-14-20)25(32)18-31(24-12-8-7-11-23(24)28)36(34,35)22-9-5-4-6-10-22/h4-16,19H,3,17-18H2,1-2H3,(H,29,33)/t19-/m0/s1. The van der Waals surface area contributed by atoms with Gasteiger partial charge in [0.1, 0.15) is 18.4 Å². The first-order chi connectivity index (χ1) is 17.1. The number of carbonyl (C=O) groups is 2. The van der Waals surface area contributed by atoms with Crippen molar-refractivity contribution in [2.75, 3.05) is 17.4 Å². The van der Waals surface area contributed by atoms with Crippen molar-refractivity contribution in [2.45, 2.75) is 31.3 Å². The molecular weight excluding hydrogens is 505 g/mol. The Labute approximate surface area is 215 Å². The summed E-state index contributed by atoms with van der Waals surface area (Å²) in [6.07, 6.45) is 0. The molecule has 0 aliphatic rings. The van der Waals surface area contributed by atoms with Crippen LogP contribution < -0.4 is 9.62 Å². The molecule has 0 aromatic heterocycles. The highest BCUT2D eigenvalue weighted by Gasteiger charge is 2.33. The summed E-state index contributed by atoms with van der Waals surface area (Å²) in [6.45, 7) is 2.97. The average molecular weight is 532 g/mol. The molecule has 36 heavy (non-hydrogen) atoms. The third kappa shape index (κ3) is 6.41. The minimum absolute atomic E-state index is 0.0187. The topological polar surface area (TPSA) is 86.8 Å². The molecule has 1 N–H and O–H groups in total. The molecule has 0 heterocycles. The Bertz CT molecular complexity index is 1300. The van der Waals surface area contributed by atoms with Crippen LogP contribution in [0.4, 0.5) is 10.1 Å². The first kappa shape index (κ1) is 27.2. The summed E-state index contributed by atoms with van der Waals surface area (Å²) in [5, 5.41) is 3.19. The predicted octanol–water partition coefficient (Wildman–Crippen LogP) is 4.23. The van der Waals surface area contributed by atoms with Gasteiger partial charge in [0.25, 0.3) is 10.0 Å². The number of para-hydroxylation sites is 1. The van der Waals surface area contributed by atoms with Crippen molar-refractivity contribution >= 4 is 39.1 Å². The van der Waals surface area contributed by atoms with E-state index in [2.05, 4.69) is 5.32 Å². The summed E-state index contributed by atoms with van der Waals surface area (Å²) in [5.41, 5.74) is 0.416. The molecule has 0 aliphatic heterocycles. The molecular formula is C26H27ClFN3O4S. The largest absolute Gasteiger partial charge is 0.355 e. The number of hydrogen-bond acceptors (Lipinski definition) is 4. The molecule has 10 heteroatoms. The molecule has 0 saturated carbocycles. The van der Waals surface area contributed by atoms with Crippen LogP contribution in [0.3, 0.4) is 0 Å². The van der Waals surface area contributed by atoms with Gasteiger partial charge >= 0.3 is 0 Å². The Hall–Kier alpha value is -3.43. The van der Waals surface area contributed by atoms with E-state index < -0.39 is 40.2 Å². The number of carbonyl (C=O) groups excluding carboxylic acids is 2. The van der Waals surface area contributed by atoms with Crippen LogP contribution in [0.25, 0.3) is 0 Å². The number of halogens is 2.